The monoisotopic (exact) mass is 295 g/mol. The molecular formula is C8H17ClF2NO2PS. The van der Waals surface area contributed by atoms with Gasteiger partial charge in [0.15, 0.2) is 0 Å². The number of alkyl halides is 3. The van der Waals surface area contributed by atoms with Gasteiger partial charge in [-0.3, -0.25) is 4.52 Å². The zero-order valence-corrected chi connectivity index (χ0v) is 11.8. The third kappa shape index (κ3) is 7.09. The Morgan fingerprint density at radius 2 is 2.06 bits per heavy atom. The summed E-state index contributed by atoms with van der Waals surface area (Å²) in [4.78, 5) is 0. The van der Waals surface area contributed by atoms with Gasteiger partial charge in [0.2, 0.25) is 0 Å². The number of hydrogen-bond donors (Lipinski definition) is 1. The predicted octanol–water partition coefficient (Wildman–Crippen LogP) is 3.49. The van der Waals surface area contributed by atoms with Gasteiger partial charge in [0.25, 0.3) is 6.64 Å². The first-order chi connectivity index (χ1) is 7.39. The van der Waals surface area contributed by atoms with Gasteiger partial charge < -0.3 is 4.52 Å². The minimum Gasteiger partial charge on any atom is -0.321 e. The molecule has 0 aliphatic heterocycles. The van der Waals surface area contributed by atoms with Crippen LogP contribution < -0.4 is 5.09 Å². The van der Waals surface area contributed by atoms with Crippen LogP contribution in [0.5, 0.6) is 0 Å². The maximum atomic E-state index is 12.9. The second-order valence-electron chi connectivity index (χ2n) is 3.16. The van der Waals surface area contributed by atoms with Gasteiger partial charge in [0, 0.05) is 13.7 Å². The molecule has 3 nitrogen and oxygen atoms in total. The second kappa shape index (κ2) is 7.90. The van der Waals surface area contributed by atoms with Crippen LogP contribution in [0, 0.1) is 0 Å². The quantitative estimate of drug-likeness (QED) is 0.401. The van der Waals surface area contributed by atoms with E-state index in [0.29, 0.717) is 6.54 Å². The van der Waals surface area contributed by atoms with Crippen LogP contribution in [0.3, 0.4) is 0 Å². The van der Waals surface area contributed by atoms with E-state index in [4.69, 9.17) is 27.9 Å². The number of unbranched alkanes of at least 4 members (excludes halogenated alkanes) is 2. The first-order valence-corrected chi connectivity index (χ1v) is 8.12. The molecule has 8 heteroatoms. The molecule has 1 atom stereocenters. The van der Waals surface area contributed by atoms with Crippen molar-refractivity contribution in [3.05, 3.63) is 0 Å². The van der Waals surface area contributed by atoms with E-state index in [9.17, 15) is 8.78 Å². The average molecular weight is 296 g/mol. The SMILES string of the molecule is CCCCCNP(=S)(OC)OC(F)(F)CCl. The molecule has 0 amide bonds. The van der Waals surface area contributed by atoms with Crippen LogP contribution in [0.4, 0.5) is 8.78 Å². The Bertz CT molecular complexity index is 246. The van der Waals surface area contributed by atoms with E-state index < -0.39 is 18.6 Å². The van der Waals surface area contributed by atoms with Crippen LogP contribution in [0.25, 0.3) is 0 Å². The smallest absolute Gasteiger partial charge is 0.321 e. The predicted molar refractivity (Wildman–Crippen MR) is 65.6 cm³/mol. The summed E-state index contributed by atoms with van der Waals surface area (Å²) >= 11 is 9.94. The molecule has 0 bridgehead atoms. The van der Waals surface area contributed by atoms with E-state index >= 15 is 0 Å². The molecule has 0 saturated carbocycles. The Morgan fingerprint density at radius 1 is 1.44 bits per heavy atom. The van der Waals surface area contributed by atoms with Crippen LogP contribution in [0.2, 0.25) is 0 Å². The topological polar surface area (TPSA) is 30.5 Å². The van der Waals surface area contributed by atoms with Crippen LogP contribution in [0.15, 0.2) is 0 Å². The minimum atomic E-state index is -3.45. The highest BCUT2D eigenvalue weighted by Gasteiger charge is 2.36. The summed E-state index contributed by atoms with van der Waals surface area (Å²) in [6.07, 6.45) is -0.576. The molecule has 0 rings (SSSR count). The van der Waals surface area contributed by atoms with Crippen LogP contribution >= 0.6 is 18.2 Å². The van der Waals surface area contributed by atoms with Gasteiger partial charge in [-0.2, -0.15) is 8.78 Å². The zero-order chi connectivity index (χ0) is 12.7. The maximum absolute atomic E-state index is 12.9. The van der Waals surface area contributed by atoms with E-state index in [1.807, 2.05) is 6.92 Å². The minimum absolute atomic E-state index is 0.497. The normalized spacial score (nSPS) is 16.1. The van der Waals surface area contributed by atoms with Crippen LogP contribution in [-0.2, 0) is 20.9 Å². The highest BCUT2D eigenvalue weighted by atomic mass is 35.5. The molecule has 0 aromatic carbocycles. The standard InChI is InChI=1S/C8H17ClF2NO2PS/c1-3-4-5-6-12-15(16,13-2)14-8(10,11)7-9/h3-7H2,1-2H3,(H,12,16). The molecule has 0 heterocycles. The number of nitrogens with one attached hydrogen (secondary N) is 1. The Labute approximate surface area is 105 Å². The van der Waals surface area contributed by atoms with Crippen molar-refractivity contribution >= 4 is 30.1 Å². The lowest BCUT2D eigenvalue weighted by Crippen LogP contribution is -2.26. The first kappa shape index (κ1) is 16.7. The van der Waals surface area contributed by atoms with Crippen molar-refractivity contribution in [1.82, 2.24) is 5.09 Å². The lowest BCUT2D eigenvalue weighted by Gasteiger charge is -2.25. The number of rotatable bonds is 9. The highest BCUT2D eigenvalue weighted by molar-refractivity contribution is 8.08. The van der Waals surface area contributed by atoms with Gasteiger partial charge in [0.05, 0.1) is 0 Å². The molecule has 0 aliphatic carbocycles. The summed E-state index contributed by atoms with van der Waals surface area (Å²) in [6, 6.07) is 0. The highest BCUT2D eigenvalue weighted by Crippen LogP contribution is 2.48. The van der Waals surface area contributed by atoms with Gasteiger partial charge >= 0.3 is 6.11 Å². The van der Waals surface area contributed by atoms with E-state index in [0.717, 1.165) is 19.3 Å². The van der Waals surface area contributed by atoms with Crippen LogP contribution in [0.1, 0.15) is 26.2 Å². The first-order valence-electron chi connectivity index (χ1n) is 4.94. The molecule has 0 fully saturated rings. The Kier molecular flexibility index (Phi) is 8.24. The van der Waals surface area contributed by atoms with Crippen molar-refractivity contribution in [3.8, 4) is 0 Å². The summed E-state index contributed by atoms with van der Waals surface area (Å²) in [5.74, 6) is -0.939. The molecule has 0 aromatic heterocycles. The summed E-state index contributed by atoms with van der Waals surface area (Å²) in [5.41, 5.74) is 0. The molecule has 0 aliphatic rings. The number of halogens is 3. The summed E-state index contributed by atoms with van der Waals surface area (Å²) in [5, 5.41) is 2.71. The zero-order valence-electron chi connectivity index (χ0n) is 9.34. The Morgan fingerprint density at radius 3 is 2.50 bits per heavy atom. The summed E-state index contributed by atoms with van der Waals surface area (Å²) in [6.45, 7) is -0.586. The third-order valence-corrected chi connectivity index (χ3v) is 4.70. The average Bonchev–Trinajstić information content (AvgIpc) is 2.24. The molecule has 0 spiro atoms. The second-order valence-corrected chi connectivity index (χ2v) is 6.73. The van der Waals surface area contributed by atoms with Crippen molar-refractivity contribution in [2.24, 2.45) is 0 Å². The summed E-state index contributed by atoms with van der Waals surface area (Å²) < 4.78 is 35.0. The molecule has 0 radical (unpaired) electrons. The van der Waals surface area contributed by atoms with Gasteiger partial charge in [-0.25, -0.2) is 5.09 Å². The van der Waals surface area contributed by atoms with E-state index in [2.05, 4.69) is 9.61 Å². The van der Waals surface area contributed by atoms with Gasteiger partial charge in [-0.15, -0.1) is 11.6 Å². The molecule has 0 aromatic rings. The fourth-order valence-corrected chi connectivity index (χ4v) is 2.77. The summed E-state index contributed by atoms with van der Waals surface area (Å²) in [7, 11) is 1.25. The van der Waals surface area contributed by atoms with E-state index in [-0.39, 0.29) is 0 Å². The molecular weight excluding hydrogens is 279 g/mol. The fraction of sp³-hybridized carbons (Fsp3) is 1.00. The van der Waals surface area contributed by atoms with Crippen LogP contribution in [-0.4, -0.2) is 25.6 Å². The Hall–Kier alpha value is 0.680. The van der Waals surface area contributed by atoms with E-state index in [1.165, 1.54) is 7.11 Å². The van der Waals surface area contributed by atoms with Crippen molar-refractivity contribution in [2.75, 3.05) is 19.5 Å². The van der Waals surface area contributed by atoms with Gasteiger partial charge in [0.1, 0.15) is 5.88 Å². The van der Waals surface area contributed by atoms with Crippen molar-refractivity contribution in [2.45, 2.75) is 32.3 Å². The van der Waals surface area contributed by atoms with Gasteiger partial charge in [-0.05, 0) is 18.2 Å². The molecule has 0 saturated heterocycles. The molecule has 1 N–H and O–H groups in total. The number of hydrogen-bond acceptors (Lipinski definition) is 3. The van der Waals surface area contributed by atoms with Crippen molar-refractivity contribution < 1.29 is 17.8 Å². The molecule has 98 valence electrons. The fourth-order valence-electron chi connectivity index (χ4n) is 0.925. The van der Waals surface area contributed by atoms with Crippen molar-refractivity contribution in [1.29, 1.82) is 0 Å². The van der Waals surface area contributed by atoms with Crippen molar-refractivity contribution in [3.63, 3.8) is 0 Å². The molecule has 1 unspecified atom stereocenters. The third-order valence-electron chi connectivity index (χ3n) is 1.74. The van der Waals surface area contributed by atoms with Gasteiger partial charge in [-0.1, -0.05) is 19.8 Å². The van der Waals surface area contributed by atoms with E-state index in [1.54, 1.807) is 0 Å². The maximum Gasteiger partial charge on any atom is 0.375 e. The largest absolute Gasteiger partial charge is 0.375 e. The Balaban J connectivity index is 4.16. The molecule has 16 heavy (non-hydrogen) atoms. The lowest BCUT2D eigenvalue weighted by atomic mass is 10.3. The lowest BCUT2D eigenvalue weighted by molar-refractivity contribution is -0.156.